The second kappa shape index (κ2) is 7.23. The van der Waals surface area contributed by atoms with Gasteiger partial charge in [-0.25, -0.2) is 8.42 Å². The smallest absolute Gasteiger partial charge is 0.279 e. The van der Waals surface area contributed by atoms with Gasteiger partial charge in [-0.3, -0.25) is 14.8 Å². The number of hydrogen-bond donors (Lipinski definition) is 1. The molecule has 0 fully saturated rings. The van der Waals surface area contributed by atoms with Crippen LogP contribution in [-0.4, -0.2) is 13.3 Å². The number of nitro benzene ring substituents is 1. The van der Waals surface area contributed by atoms with E-state index in [1.54, 1.807) is 12.1 Å². The maximum Gasteiger partial charge on any atom is 0.289 e. The van der Waals surface area contributed by atoms with Crippen molar-refractivity contribution < 1.29 is 13.3 Å². The van der Waals surface area contributed by atoms with Crippen LogP contribution in [0.5, 0.6) is 0 Å². The van der Waals surface area contributed by atoms with Crippen molar-refractivity contribution in [3.63, 3.8) is 0 Å². The Hall–Kier alpha value is -2.41. The lowest BCUT2D eigenvalue weighted by Gasteiger charge is -2.12. The molecule has 2 aromatic rings. The van der Waals surface area contributed by atoms with Gasteiger partial charge in [-0.1, -0.05) is 43.7 Å². The largest absolute Gasteiger partial charge is 0.289 e. The van der Waals surface area contributed by atoms with E-state index in [0.29, 0.717) is 5.69 Å². The Morgan fingerprint density at radius 3 is 2.43 bits per heavy atom. The molecule has 0 spiro atoms. The monoisotopic (exact) mass is 334 g/mol. The number of anilines is 1. The Kier molecular flexibility index (Phi) is 5.33. The molecule has 0 saturated carbocycles. The molecule has 0 aromatic heterocycles. The van der Waals surface area contributed by atoms with Gasteiger partial charge in [0.25, 0.3) is 15.7 Å². The highest BCUT2D eigenvalue weighted by molar-refractivity contribution is 7.92. The second-order valence-electron chi connectivity index (χ2n) is 5.09. The summed E-state index contributed by atoms with van der Waals surface area (Å²) in [4.78, 5) is 10.0. The number of aryl methyl sites for hydroxylation is 1. The van der Waals surface area contributed by atoms with E-state index >= 15 is 0 Å². The molecule has 7 heteroatoms. The van der Waals surface area contributed by atoms with Gasteiger partial charge in [-0.2, -0.15) is 0 Å². The number of hydrogen-bond acceptors (Lipinski definition) is 4. The topological polar surface area (TPSA) is 89.3 Å². The highest BCUT2D eigenvalue weighted by Gasteiger charge is 2.25. The molecule has 0 bridgehead atoms. The van der Waals surface area contributed by atoms with Gasteiger partial charge in [0.1, 0.15) is 0 Å². The van der Waals surface area contributed by atoms with Crippen LogP contribution < -0.4 is 4.72 Å². The fourth-order valence-electron chi connectivity index (χ4n) is 2.24. The van der Waals surface area contributed by atoms with Crippen LogP contribution in [0.4, 0.5) is 11.4 Å². The molecular weight excluding hydrogens is 316 g/mol. The third kappa shape index (κ3) is 4.07. The second-order valence-corrected chi connectivity index (χ2v) is 6.74. The molecule has 0 aliphatic carbocycles. The first-order valence-corrected chi connectivity index (χ1v) is 8.78. The fraction of sp³-hybridized carbons (Fsp3) is 0.250. The lowest BCUT2D eigenvalue weighted by molar-refractivity contribution is -0.387. The fourth-order valence-corrected chi connectivity index (χ4v) is 3.51. The predicted molar refractivity (Wildman–Crippen MR) is 89.0 cm³/mol. The zero-order valence-corrected chi connectivity index (χ0v) is 13.5. The molecule has 0 radical (unpaired) electrons. The Morgan fingerprint density at radius 2 is 1.74 bits per heavy atom. The van der Waals surface area contributed by atoms with E-state index in [-0.39, 0.29) is 4.90 Å². The van der Waals surface area contributed by atoms with E-state index in [0.717, 1.165) is 24.8 Å². The minimum Gasteiger partial charge on any atom is -0.279 e. The van der Waals surface area contributed by atoms with Gasteiger partial charge in [0.2, 0.25) is 0 Å². The minimum absolute atomic E-state index is 0.338. The number of unbranched alkanes of at least 4 members (excludes halogenated alkanes) is 1. The van der Waals surface area contributed by atoms with Crippen molar-refractivity contribution in [2.24, 2.45) is 0 Å². The minimum atomic E-state index is -4.03. The Bertz CT molecular complexity index is 803. The van der Waals surface area contributed by atoms with Crippen LogP contribution in [0.25, 0.3) is 0 Å². The standard InChI is InChI=1S/C16H18N2O4S/c1-2-3-8-13-9-4-5-10-14(13)17-23(21,22)16-12-7-6-11-15(16)18(19)20/h4-7,9-12,17H,2-3,8H2,1H3. The van der Waals surface area contributed by atoms with E-state index < -0.39 is 20.6 Å². The normalized spacial score (nSPS) is 11.2. The summed E-state index contributed by atoms with van der Waals surface area (Å²) in [5, 5.41) is 11.0. The maximum atomic E-state index is 12.5. The van der Waals surface area contributed by atoms with Crippen LogP contribution in [0, 0.1) is 10.1 Å². The average Bonchev–Trinajstić information content (AvgIpc) is 2.53. The Balaban J connectivity index is 2.38. The molecule has 6 nitrogen and oxygen atoms in total. The number of rotatable bonds is 7. The molecule has 0 aliphatic heterocycles. The van der Waals surface area contributed by atoms with E-state index in [1.165, 1.54) is 24.3 Å². The van der Waals surface area contributed by atoms with Gasteiger partial charge in [0.15, 0.2) is 4.90 Å². The molecule has 2 rings (SSSR count). The summed E-state index contributed by atoms with van der Waals surface area (Å²) in [6.45, 7) is 2.06. The van der Waals surface area contributed by atoms with E-state index in [9.17, 15) is 18.5 Å². The van der Waals surface area contributed by atoms with Crippen LogP contribution in [-0.2, 0) is 16.4 Å². The summed E-state index contributed by atoms with van der Waals surface area (Å²) < 4.78 is 27.5. The molecule has 0 atom stereocenters. The number of sulfonamides is 1. The van der Waals surface area contributed by atoms with Crippen molar-refractivity contribution >= 4 is 21.4 Å². The Labute approximate surface area is 135 Å². The highest BCUT2D eigenvalue weighted by atomic mass is 32.2. The van der Waals surface area contributed by atoms with Crippen molar-refractivity contribution in [1.29, 1.82) is 0 Å². The third-order valence-corrected chi connectivity index (χ3v) is 4.83. The van der Waals surface area contributed by atoms with Gasteiger partial charge in [-0.15, -0.1) is 0 Å². The highest BCUT2D eigenvalue weighted by Crippen LogP contribution is 2.27. The lowest BCUT2D eigenvalue weighted by atomic mass is 10.1. The van der Waals surface area contributed by atoms with Crippen molar-refractivity contribution in [3.05, 3.63) is 64.2 Å². The Morgan fingerprint density at radius 1 is 1.09 bits per heavy atom. The van der Waals surface area contributed by atoms with Crippen LogP contribution in [0.2, 0.25) is 0 Å². The first-order valence-electron chi connectivity index (χ1n) is 7.30. The molecule has 0 saturated heterocycles. The van der Waals surface area contributed by atoms with E-state index in [1.807, 2.05) is 12.1 Å². The van der Waals surface area contributed by atoms with E-state index in [2.05, 4.69) is 11.6 Å². The van der Waals surface area contributed by atoms with Gasteiger partial charge >= 0.3 is 0 Å². The van der Waals surface area contributed by atoms with Gasteiger partial charge in [-0.05, 0) is 30.5 Å². The SMILES string of the molecule is CCCCc1ccccc1NS(=O)(=O)c1ccccc1[N+](=O)[O-]. The van der Waals surface area contributed by atoms with Crippen LogP contribution in [0.3, 0.4) is 0 Å². The molecule has 1 N–H and O–H groups in total. The first-order chi connectivity index (χ1) is 11.0. The molecule has 0 aliphatic rings. The summed E-state index contributed by atoms with van der Waals surface area (Å²) in [7, 11) is -4.03. The summed E-state index contributed by atoms with van der Waals surface area (Å²) in [5.74, 6) is 0. The van der Waals surface area contributed by atoms with Gasteiger partial charge in [0, 0.05) is 6.07 Å². The molecule has 0 amide bonds. The number of nitro groups is 1. The van der Waals surface area contributed by atoms with Crippen LogP contribution in [0.1, 0.15) is 25.3 Å². The molecule has 122 valence electrons. The first kappa shape index (κ1) is 17.0. The maximum absolute atomic E-state index is 12.5. The van der Waals surface area contributed by atoms with Crippen molar-refractivity contribution in [1.82, 2.24) is 0 Å². The summed E-state index contributed by atoms with van der Waals surface area (Å²) >= 11 is 0. The zero-order chi connectivity index (χ0) is 16.9. The quantitative estimate of drug-likeness (QED) is 0.617. The summed E-state index contributed by atoms with van der Waals surface area (Å²) in [5.41, 5.74) is 0.890. The van der Waals surface area contributed by atoms with Crippen molar-refractivity contribution in [2.75, 3.05) is 4.72 Å². The molecule has 0 heterocycles. The van der Waals surface area contributed by atoms with Crippen molar-refractivity contribution in [2.45, 2.75) is 31.1 Å². The number of benzene rings is 2. The van der Waals surface area contributed by atoms with E-state index in [4.69, 9.17) is 0 Å². The van der Waals surface area contributed by atoms with Crippen LogP contribution >= 0.6 is 0 Å². The summed E-state index contributed by atoms with van der Waals surface area (Å²) in [6, 6.07) is 12.4. The zero-order valence-electron chi connectivity index (χ0n) is 12.7. The number of nitrogens with one attached hydrogen (secondary N) is 1. The number of nitrogens with zero attached hydrogens (tertiary/aromatic N) is 1. The molecular formula is C16H18N2O4S. The summed E-state index contributed by atoms with van der Waals surface area (Å²) in [6.07, 6.45) is 2.67. The number of para-hydroxylation sites is 2. The van der Waals surface area contributed by atoms with Gasteiger partial charge < -0.3 is 0 Å². The molecule has 23 heavy (non-hydrogen) atoms. The molecule has 2 aromatic carbocycles. The predicted octanol–water partition coefficient (Wildman–Crippen LogP) is 3.74. The lowest BCUT2D eigenvalue weighted by Crippen LogP contribution is -2.15. The van der Waals surface area contributed by atoms with Crippen molar-refractivity contribution in [3.8, 4) is 0 Å². The van der Waals surface area contributed by atoms with Gasteiger partial charge in [0.05, 0.1) is 10.6 Å². The average molecular weight is 334 g/mol. The molecule has 0 unspecified atom stereocenters. The third-order valence-electron chi connectivity index (χ3n) is 3.41. The van der Waals surface area contributed by atoms with Crippen LogP contribution in [0.15, 0.2) is 53.4 Å².